The van der Waals surface area contributed by atoms with Crippen LogP contribution in [-0.4, -0.2) is 24.1 Å². The second kappa shape index (κ2) is 9.14. The molecular weight excluding hydrogens is 327 g/mol. The molecule has 1 saturated carbocycles. The van der Waals surface area contributed by atoms with Crippen molar-refractivity contribution in [2.24, 2.45) is 0 Å². The Hall–Kier alpha value is 0.910. The fourth-order valence-corrected chi connectivity index (χ4v) is 14.3. The molecule has 0 unspecified atom stereocenters. The fourth-order valence-electron chi connectivity index (χ4n) is 4.21. The molecule has 1 aliphatic rings. The molecule has 0 amide bonds. The van der Waals surface area contributed by atoms with E-state index in [1.54, 1.807) is 0 Å². The van der Waals surface area contributed by atoms with E-state index < -0.39 is 5.31 Å². The van der Waals surface area contributed by atoms with Crippen LogP contribution in [-0.2, 0) is 0 Å². The standard InChI is InChI=1S/C18H38BrP/c1-4-7-15-20(19,16-8-5-2,17-9-6-3)18-13-11-10-12-14-18/h18H,4-17H2,1-3H3. The molecule has 0 aliphatic heterocycles. The maximum atomic E-state index is 4.59. The Morgan fingerprint density at radius 1 is 0.750 bits per heavy atom. The van der Waals surface area contributed by atoms with Crippen LogP contribution >= 0.6 is 20.8 Å². The molecule has 0 aromatic heterocycles. The van der Waals surface area contributed by atoms with E-state index in [-0.39, 0.29) is 0 Å². The molecule has 0 atom stereocenters. The molecule has 0 aromatic rings. The molecule has 122 valence electrons. The predicted molar refractivity (Wildman–Crippen MR) is 102 cm³/mol. The molecule has 1 fully saturated rings. The number of rotatable bonds is 10. The van der Waals surface area contributed by atoms with Crippen LogP contribution < -0.4 is 0 Å². The van der Waals surface area contributed by atoms with E-state index in [2.05, 4.69) is 36.3 Å². The van der Waals surface area contributed by atoms with Gasteiger partial charge in [-0.2, -0.15) is 0 Å². The van der Waals surface area contributed by atoms with E-state index in [9.17, 15) is 0 Å². The summed E-state index contributed by atoms with van der Waals surface area (Å²) in [6.07, 6.45) is 20.6. The van der Waals surface area contributed by atoms with Crippen LogP contribution in [0.4, 0.5) is 0 Å². The van der Waals surface area contributed by atoms with E-state index in [1.807, 2.05) is 0 Å². The minimum absolute atomic E-state index is 1.05. The van der Waals surface area contributed by atoms with Crippen molar-refractivity contribution in [2.45, 2.75) is 97.1 Å². The van der Waals surface area contributed by atoms with Crippen LogP contribution in [0.15, 0.2) is 0 Å². The summed E-state index contributed by atoms with van der Waals surface area (Å²) in [5, 5.41) is -1.64. The average molecular weight is 365 g/mol. The summed E-state index contributed by atoms with van der Waals surface area (Å²) < 4.78 is 0. The predicted octanol–water partition coefficient (Wildman–Crippen LogP) is 7.58. The van der Waals surface area contributed by atoms with Gasteiger partial charge in [0, 0.05) is 0 Å². The van der Waals surface area contributed by atoms with Crippen molar-refractivity contribution in [1.82, 2.24) is 0 Å². The van der Waals surface area contributed by atoms with E-state index in [1.165, 1.54) is 89.1 Å². The first-order chi connectivity index (χ1) is 9.59. The molecule has 0 bridgehead atoms. The number of hydrogen-bond donors (Lipinski definition) is 0. The van der Waals surface area contributed by atoms with Crippen molar-refractivity contribution in [3.8, 4) is 0 Å². The van der Waals surface area contributed by atoms with Gasteiger partial charge < -0.3 is 0 Å². The molecule has 1 rings (SSSR count). The van der Waals surface area contributed by atoms with Crippen LogP contribution in [0.3, 0.4) is 0 Å². The molecule has 0 saturated heterocycles. The van der Waals surface area contributed by atoms with Gasteiger partial charge in [0.2, 0.25) is 0 Å². The van der Waals surface area contributed by atoms with Gasteiger partial charge in [-0.25, -0.2) is 0 Å². The van der Waals surface area contributed by atoms with Crippen molar-refractivity contribution in [3.05, 3.63) is 0 Å². The molecule has 0 radical (unpaired) electrons. The van der Waals surface area contributed by atoms with Crippen LogP contribution in [0, 0.1) is 0 Å². The van der Waals surface area contributed by atoms with Gasteiger partial charge in [-0.3, -0.25) is 0 Å². The number of hydrogen-bond acceptors (Lipinski definition) is 0. The summed E-state index contributed by atoms with van der Waals surface area (Å²) in [5.74, 6) is 0. The van der Waals surface area contributed by atoms with Gasteiger partial charge in [0.25, 0.3) is 0 Å². The van der Waals surface area contributed by atoms with Crippen LogP contribution in [0.5, 0.6) is 0 Å². The normalized spacial score (nSPS) is 19.7. The SMILES string of the molecule is CCCCP(Br)(CCCC)(CCCC)C1CCCCC1. The van der Waals surface area contributed by atoms with Gasteiger partial charge in [0.05, 0.1) is 0 Å². The summed E-state index contributed by atoms with van der Waals surface area (Å²) in [4.78, 5) is 0. The third-order valence-corrected chi connectivity index (χ3v) is 17.0. The first-order valence-corrected chi connectivity index (χ1v) is 14.2. The molecule has 0 heterocycles. The fraction of sp³-hybridized carbons (Fsp3) is 1.00. The Kier molecular flexibility index (Phi) is 8.66. The number of unbranched alkanes of at least 4 members (excludes halogenated alkanes) is 3. The first kappa shape index (κ1) is 19.0. The molecule has 0 N–H and O–H groups in total. The van der Waals surface area contributed by atoms with Gasteiger partial charge in [-0.15, -0.1) is 0 Å². The quantitative estimate of drug-likeness (QED) is 0.350. The van der Waals surface area contributed by atoms with Gasteiger partial charge in [0.1, 0.15) is 0 Å². The van der Waals surface area contributed by atoms with E-state index in [0.717, 1.165) is 5.66 Å². The van der Waals surface area contributed by atoms with Crippen molar-refractivity contribution < 1.29 is 0 Å². The van der Waals surface area contributed by atoms with E-state index in [4.69, 9.17) is 0 Å². The molecule has 0 nitrogen and oxygen atoms in total. The molecular formula is C18H38BrP. The zero-order chi connectivity index (χ0) is 14.9. The summed E-state index contributed by atoms with van der Waals surface area (Å²) in [5.41, 5.74) is 1.05. The Bertz CT molecular complexity index is 234. The maximum absolute atomic E-state index is 4.59. The topological polar surface area (TPSA) is 0 Å². The van der Waals surface area contributed by atoms with Crippen LogP contribution in [0.1, 0.15) is 91.4 Å². The monoisotopic (exact) mass is 364 g/mol. The summed E-state index contributed by atoms with van der Waals surface area (Å²) in [7, 11) is 0. The van der Waals surface area contributed by atoms with Gasteiger partial charge in [-0.1, -0.05) is 0 Å². The minimum atomic E-state index is -1.64. The zero-order valence-electron chi connectivity index (χ0n) is 14.3. The molecule has 20 heavy (non-hydrogen) atoms. The van der Waals surface area contributed by atoms with Gasteiger partial charge in [-0.05, 0) is 0 Å². The van der Waals surface area contributed by atoms with Crippen LogP contribution in [0.25, 0.3) is 0 Å². The van der Waals surface area contributed by atoms with E-state index >= 15 is 0 Å². The van der Waals surface area contributed by atoms with Crippen molar-refractivity contribution >= 4 is 20.8 Å². The summed E-state index contributed by atoms with van der Waals surface area (Å²) >= 11 is 4.59. The second-order valence-electron chi connectivity index (χ2n) is 7.20. The Balaban J connectivity index is 2.94. The third kappa shape index (κ3) is 4.98. The average Bonchev–Trinajstić information content (AvgIpc) is 2.50. The molecule has 1 aliphatic carbocycles. The Morgan fingerprint density at radius 2 is 1.15 bits per heavy atom. The Morgan fingerprint density at radius 3 is 1.50 bits per heavy atom. The molecule has 0 aromatic carbocycles. The number of halogens is 1. The van der Waals surface area contributed by atoms with Crippen molar-refractivity contribution in [2.75, 3.05) is 18.5 Å². The molecule has 2 heteroatoms. The van der Waals surface area contributed by atoms with Gasteiger partial charge >= 0.3 is 136 Å². The second-order valence-corrected chi connectivity index (χ2v) is 18.4. The van der Waals surface area contributed by atoms with Crippen molar-refractivity contribution in [3.63, 3.8) is 0 Å². The van der Waals surface area contributed by atoms with Gasteiger partial charge in [0.15, 0.2) is 0 Å². The summed E-state index contributed by atoms with van der Waals surface area (Å²) in [6.45, 7) is 7.11. The van der Waals surface area contributed by atoms with Crippen LogP contribution in [0.2, 0.25) is 0 Å². The Labute approximate surface area is 136 Å². The first-order valence-electron chi connectivity index (χ1n) is 9.31. The summed E-state index contributed by atoms with van der Waals surface area (Å²) in [6, 6.07) is 0. The third-order valence-electron chi connectivity index (χ3n) is 5.61. The zero-order valence-corrected chi connectivity index (χ0v) is 16.8. The van der Waals surface area contributed by atoms with E-state index in [0.29, 0.717) is 0 Å². The molecule has 0 spiro atoms. The van der Waals surface area contributed by atoms with Crippen molar-refractivity contribution in [1.29, 1.82) is 0 Å².